The molecule has 5 heteroatoms. The first kappa shape index (κ1) is 13.0. The molecular formula is C11H12ClNO2S. The number of nitriles is 1. The van der Waals surface area contributed by atoms with Gasteiger partial charge in [-0.2, -0.15) is 5.26 Å². The van der Waals surface area contributed by atoms with Crippen molar-refractivity contribution in [2.45, 2.75) is 12.7 Å². The first-order chi connectivity index (χ1) is 7.44. The van der Waals surface area contributed by atoms with E-state index in [0.717, 1.165) is 0 Å². The Morgan fingerprint density at radius 1 is 1.44 bits per heavy atom. The molecule has 0 aromatic heterocycles. The zero-order chi connectivity index (χ0) is 12.2. The first-order valence-electron chi connectivity index (χ1n) is 4.78. The number of nitrogens with zero attached hydrogens (tertiary/aromatic N) is 1. The molecule has 0 N–H and O–H groups in total. The summed E-state index contributed by atoms with van der Waals surface area (Å²) >= 11 is 5.87. The molecule has 0 bridgehead atoms. The van der Waals surface area contributed by atoms with Crippen molar-refractivity contribution < 1.29 is 8.42 Å². The van der Waals surface area contributed by atoms with E-state index in [9.17, 15) is 8.42 Å². The van der Waals surface area contributed by atoms with Crippen LogP contribution in [0, 0.1) is 17.2 Å². The Labute approximate surface area is 101 Å². The van der Waals surface area contributed by atoms with Crippen molar-refractivity contribution >= 4 is 21.4 Å². The van der Waals surface area contributed by atoms with Crippen LogP contribution < -0.4 is 0 Å². The first-order valence-corrected chi connectivity index (χ1v) is 6.98. The van der Waals surface area contributed by atoms with Gasteiger partial charge in [0.1, 0.15) is 0 Å². The van der Waals surface area contributed by atoms with E-state index < -0.39 is 15.8 Å². The Morgan fingerprint density at radius 2 is 2.06 bits per heavy atom. The summed E-state index contributed by atoms with van der Waals surface area (Å²) in [5, 5.41) is 9.02. The zero-order valence-electron chi connectivity index (χ0n) is 8.85. The average molecular weight is 258 g/mol. The van der Waals surface area contributed by atoms with Gasteiger partial charge in [0.05, 0.1) is 23.5 Å². The highest BCUT2D eigenvalue weighted by atomic mass is 35.5. The van der Waals surface area contributed by atoms with Gasteiger partial charge in [-0.25, -0.2) is 8.42 Å². The number of benzene rings is 1. The lowest BCUT2D eigenvalue weighted by atomic mass is 10.2. The van der Waals surface area contributed by atoms with Crippen LogP contribution in [0.4, 0.5) is 0 Å². The second-order valence-electron chi connectivity index (χ2n) is 3.68. The molecule has 1 rings (SSSR count). The molecule has 0 aliphatic carbocycles. The summed E-state index contributed by atoms with van der Waals surface area (Å²) in [6, 6.07) is 8.73. The second-order valence-corrected chi connectivity index (χ2v) is 6.19. The van der Waals surface area contributed by atoms with E-state index in [-0.39, 0.29) is 11.5 Å². The number of rotatable bonds is 4. The summed E-state index contributed by atoms with van der Waals surface area (Å²) in [5.74, 6) is -0.736. The molecule has 16 heavy (non-hydrogen) atoms. The molecule has 0 aliphatic heterocycles. The molecule has 1 unspecified atom stereocenters. The molecule has 0 saturated carbocycles. The highest BCUT2D eigenvalue weighted by Gasteiger charge is 2.17. The molecule has 0 heterocycles. The fourth-order valence-corrected chi connectivity index (χ4v) is 3.29. The minimum Gasteiger partial charge on any atom is -0.228 e. The van der Waals surface area contributed by atoms with E-state index in [1.54, 1.807) is 31.2 Å². The molecule has 0 aliphatic rings. The molecule has 3 nitrogen and oxygen atoms in total. The van der Waals surface area contributed by atoms with Crippen molar-refractivity contribution in [3.8, 4) is 6.07 Å². The van der Waals surface area contributed by atoms with Crippen LogP contribution in [0.1, 0.15) is 12.5 Å². The maximum atomic E-state index is 11.7. The summed E-state index contributed by atoms with van der Waals surface area (Å²) in [5.41, 5.74) is 0.578. The lowest BCUT2D eigenvalue weighted by molar-refractivity contribution is 0.588. The second kappa shape index (κ2) is 5.33. The molecule has 1 atom stereocenters. The highest BCUT2D eigenvalue weighted by Crippen LogP contribution is 2.18. The van der Waals surface area contributed by atoms with Gasteiger partial charge in [-0.1, -0.05) is 29.8 Å². The van der Waals surface area contributed by atoms with Crippen LogP contribution in [0.5, 0.6) is 0 Å². The summed E-state index contributed by atoms with van der Waals surface area (Å²) < 4.78 is 23.4. The standard InChI is InChI=1S/C11H12ClNO2S/c1-9(6-13)7-16(14,15)8-10-4-2-3-5-11(10)12/h2-5,9H,7-8H2,1H3. The monoisotopic (exact) mass is 257 g/mol. The van der Waals surface area contributed by atoms with Crippen LogP contribution in [0.15, 0.2) is 24.3 Å². The molecule has 0 amide bonds. The Bertz CT molecular complexity index is 505. The smallest absolute Gasteiger partial charge is 0.155 e. The molecule has 0 fully saturated rings. The predicted molar refractivity (Wildman–Crippen MR) is 63.7 cm³/mol. The normalized spacial score (nSPS) is 13.1. The van der Waals surface area contributed by atoms with Gasteiger partial charge in [0, 0.05) is 5.02 Å². The number of halogens is 1. The molecule has 1 aromatic carbocycles. The Morgan fingerprint density at radius 3 is 2.62 bits per heavy atom. The van der Waals surface area contributed by atoms with Gasteiger partial charge in [0.25, 0.3) is 0 Å². The van der Waals surface area contributed by atoms with Crippen molar-refractivity contribution in [2.75, 3.05) is 5.75 Å². The summed E-state index contributed by atoms with van der Waals surface area (Å²) in [7, 11) is -3.28. The van der Waals surface area contributed by atoms with Crippen molar-refractivity contribution in [1.29, 1.82) is 5.26 Å². The lowest BCUT2D eigenvalue weighted by Crippen LogP contribution is -2.14. The van der Waals surface area contributed by atoms with Gasteiger partial charge in [-0.3, -0.25) is 0 Å². The number of hydrogen-bond donors (Lipinski definition) is 0. The summed E-state index contributed by atoms with van der Waals surface area (Å²) in [4.78, 5) is 0. The van der Waals surface area contributed by atoms with Crippen LogP contribution in [0.3, 0.4) is 0 Å². The van der Waals surface area contributed by atoms with E-state index in [1.807, 2.05) is 6.07 Å². The van der Waals surface area contributed by atoms with Crippen LogP contribution in [-0.4, -0.2) is 14.2 Å². The molecule has 86 valence electrons. The van der Waals surface area contributed by atoms with Gasteiger partial charge in [-0.15, -0.1) is 0 Å². The lowest BCUT2D eigenvalue weighted by Gasteiger charge is -2.06. The fourth-order valence-electron chi connectivity index (χ4n) is 1.33. The third-order valence-corrected chi connectivity index (χ3v) is 4.19. The summed E-state index contributed by atoms with van der Waals surface area (Å²) in [6.45, 7) is 1.59. The minimum absolute atomic E-state index is 0.112. The summed E-state index contributed by atoms with van der Waals surface area (Å²) in [6.07, 6.45) is 0. The maximum Gasteiger partial charge on any atom is 0.155 e. The fraction of sp³-hybridized carbons (Fsp3) is 0.364. The largest absolute Gasteiger partial charge is 0.228 e. The van der Waals surface area contributed by atoms with Crippen molar-refractivity contribution in [3.63, 3.8) is 0 Å². The van der Waals surface area contributed by atoms with Crippen molar-refractivity contribution in [3.05, 3.63) is 34.9 Å². The quantitative estimate of drug-likeness (QED) is 0.832. The third kappa shape index (κ3) is 3.84. The molecule has 1 aromatic rings. The Kier molecular flexibility index (Phi) is 4.34. The van der Waals surface area contributed by atoms with Crippen molar-refractivity contribution in [1.82, 2.24) is 0 Å². The van der Waals surface area contributed by atoms with Crippen LogP contribution in [-0.2, 0) is 15.6 Å². The maximum absolute atomic E-state index is 11.7. The predicted octanol–water partition coefficient (Wildman–Crippen LogP) is 2.41. The van der Waals surface area contributed by atoms with E-state index >= 15 is 0 Å². The van der Waals surface area contributed by atoms with E-state index in [0.29, 0.717) is 10.6 Å². The van der Waals surface area contributed by atoms with Gasteiger partial charge < -0.3 is 0 Å². The highest BCUT2D eigenvalue weighted by molar-refractivity contribution is 7.90. The van der Waals surface area contributed by atoms with Crippen LogP contribution in [0.25, 0.3) is 0 Å². The third-order valence-electron chi connectivity index (χ3n) is 2.06. The van der Waals surface area contributed by atoms with Gasteiger partial charge in [0.2, 0.25) is 0 Å². The van der Waals surface area contributed by atoms with Gasteiger partial charge >= 0.3 is 0 Å². The van der Waals surface area contributed by atoms with Crippen molar-refractivity contribution in [2.24, 2.45) is 5.92 Å². The minimum atomic E-state index is -3.28. The molecule has 0 saturated heterocycles. The zero-order valence-corrected chi connectivity index (χ0v) is 10.4. The topological polar surface area (TPSA) is 57.9 Å². The molecule has 0 radical (unpaired) electrons. The molecular weight excluding hydrogens is 246 g/mol. The van der Waals surface area contributed by atoms with E-state index in [1.165, 1.54) is 0 Å². The number of hydrogen-bond acceptors (Lipinski definition) is 3. The number of sulfone groups is 1. The van der Waals surface area contributed by atoms with Gasteiger partial charge in [0.15, 0.2) is 9.84 Å². The Hall–Kier alpha value is -1.05. The Balaban J connectivity index is 2.82. The SMILES string of the molecule is CC(C#N)CS(=O)(=O)Cc1ccccc1Cl. The van der Waals surface area contributed by atoms with Crippen LogP contribution >= 0.6 is 11.6 Å². The average Bonchev–Trinajstić information content (AvgIpc) is 2.20. The van der Waals surface area contributed by atoms with E-state index in [4.69, 9.17) is 16.9 Å². The van der Waals surface area contributed by atoms with Gasteiger partial charge in [-0.05, 0) is 18.6 Å². The molecule has 0 spiro atoms. The van der Waals surface area contributed by atoms with E-state index in [2.05, 4.69) is 0 Å². The van der Waals surface area contributed by atoms with Crippen LogP contribution in [0.2, 0.25) is 5.02 Å².